The third-order valence-electron chi connectivity index (χ3n) is 4.11. The molecule has 4 nitrogen and oxygen atoms in total. The van der Waals surface area contributed by atoms with Gasteiger partial charge in [0.1, 0.15) is 17.1 Å². The lowest BCUT2D eigenvalue weighted by Gasteiger charge is -2.33. The minimum atomic E-state index is -0.924. The average Bonchev–Trinajstić information content (AvgIpc) is 2.71. The van der Waals surface area contributed by atoms with Gasteiger partial charge in [-0.3, -0.25) is 0 Å². The van der Waals surface area contributed by atoms with Gasteiger partial charge in [-0.1, -0.05) is 26.2 Å². The Morgan fingerprint density at radius 3 is 2.68 bits per heavy atom. The first-order chi connectivity index (χ1) is 9.00. The largest absolute Gasteiger partial charge is 0.478 e. The van der Waals surface area contributed by atoms with E-state index in [9.17, 15) is 4.79 Å². The molecule has 0 aliphatic heterocycles. The van der Waals surface area contributed by atoms with Gasteiger partial charge in [0, 0.05) is 6.54 Å². The minimum absolute atomic E-state index is 0.265. The van der Waals surface area contributed by atoms with Crippen molar-refractivity contribution in [3.05, 3.63) is 23.2 Å². The van der Waals surface area contributed by atoms with Crippen LogP contribution in [0.25, 0.3) is 0 Å². The molecule has 0 bridgehead atoms. The number of carbonyl (C=O) groups is 1. The average molecular weight is 265 g/mol. The number of aromatic carboxylic acids is 1. The van der Waals surface area contributed by atoms with Gasteiger partial charge in [-0.2, -0.15) is 0 Å². The predicted molar refractivity (Wildman–Crippen MR) is 73.3 cm³/mol. The van der Waals surface area contributed by atoms with Crippen molar-refractivity contribution in [2.45, 2.75) is 52.5 Å². The van der Waals surface area contributed by atoms with Crippen molar-refractivity contribution in [3.63, 3.8) is 0 Å². The molecule has 0 radical (unpaired) electrons. The van der Waals surface area contributed by atoms with E-state index >= 15 is 0 Å². The molecule has 1 aromatic heterocycles. The van der Waals surface area contributed by atoms with Crippen LogP contribution in [0.5, 0.6) is 0 Å². The maximum atomic E-state index is 10.9. The maximum Gasteiger partial charge on any atom is 0.339 e. The summed E-state index contributed by atoms with van der Waals surface area (Å²) in [4.78, 5) is 10.9. The summed E-state index contributed by atoms with van der Waals surface area (Å²) < 4.78 is 5.45. The molecule has 0 unspecified atom stereocenters. The van der Waals surface area contributed by atoms with Gasteiger partial charge in [0.15, 0.2) is 0 Å². The molecule has 1 saturated carbocycles. The molecule has 0 amide bonds. The van der Waals surface area contributed by atoms with Crippen molar-refractivity contribution in [2.24, 2.45) is 5.41 Å². The lowest BCUT2D eigenvalue weighted by molar-refractivity contribution is 0.0695. The summed E-state index contributed by atoms with van der Waals surface area (Å²) in [5.41, 5.74) is 0.649. The van der Waals surface area contributed by atoms with Gasteiger partial charge in [0.2, 0.25) is 0 Å². The van der Waals surface area contributed by atoms with E-state index in [0.717, 1.165) is 6.54 Å². The van der Waals surface area contributed by atoms with Crippen molar-refractivity contribution >= 4 is 5.97 Å². The lowest BCUT2D eigenvalue weighted by Crippen LogP contribution is -2.33. The molecule has 106 valence electrons. The number of aryl methyl sites for hydroxylation is 1. The SMILES string of the molecule is Cc1oc(CNCC2(C)CCCCC2)cc1C(=O)O. The Bertz CT molecular complexity index is 444. The van der Waals surface area contributed by atoms with Crippen molar-refractivity contribution < 1.29 is 14.3 Å². The van der Waals surface area contributed by atoms with Crippen LogP contribution in [0.2, 0.25) is 0 Å². The molecular weight excluding hydrogens is 242 g/mol. The molecule has 0 spiro atoms. The first kappa shape index (κ1) is 14.1. The highest BCUT2D eigenvalue weighted by Gasteiger charge is 2.26. The Hall–Kier alpha value is -1.29. The number of rotatable bonds is 5. The molecule has 1 heterocycles. The summed E-state index contributed by atoms with van der Waals surface area (Å²) in [6.45, 7) is 5.59. The Labute approximate surface area is 114 Å². The quantitative estimate of drug-likeness (QED) is 0.857. The molecule has 1 fully saturated rings. The van der Waals surface area contributed by atoms with E-state index < -0.39 is 5.97 Å². The fourth-order valence-corrected chi connectivity index (χ4v) is 2.91. The Morgan fingerprint density at radius 2 is 2.11 bits per heavy atom. The van der Waals surface area contributed by atoms with Crippen LogP contribution >= 0.6 is 0 Å². The fraction of sp³-hybridized carbons (Fsp3) is 0.667. The van der Waals surface area contributed by atoms with Crippen LogP contribution in [0.3, 0.4) is 0 Å². The van der Waals surface area contributed by atoms with E-state index in [4.69, 9.17) is 9.52 Å². The first-order valence-electron chi connectivity index (χ1n) is 7.03. The molecule has 0 aromatic carbocycles. The molecule has 2 N–H and O–H groups in total. The Morgan fingerprint density at radius 1 is 1.42 bits per heavy atom. The van der Waals surface area contributed by atoms with Gasteiger partial charge in [-0.15, -0.1) is 0 Å². The topological polar surface area (TPSA) is 62.5 Å². The zero-order valence-corrected chi connectivity index (χ0v) is 11.8. The molecule has 1 aliphatic carbocycles. The first-order valence-corrected chi connectivity index (χ1v) is 7.03. The molecule has 2 rings (SSSR count). The second-order valence-corrected chi connectivity index (χ2v) is 5.96. The molecule has 0 atom stereocenters. The summed E-state index contributed by atoms with van der Waals surface area (Å²) in [5.74, 6) is 0.259. The van der Waals surface area contributed by atoms with Crippen LogP contribution in [0.15, 0.2) is 10.5 Å². The second kappa shape index (κ2) is 5.78. The van der Waals surface area contributed by atoms with Crippen LogP contribution in [0.1, 0.15) is 60.9 Å². The van der Waals surface area contributed by atoms with Crippen molar-refractivity contribution in [3.8, 4) is 0 Å². The molecule has 0 saturated heterocycles. The monoisotopic (exact) mass is 265 g/mol. The number of carboxylic acids is 1. The zero-order valence-electron chi connectivity index (χ0n) is 11.8. The smallest absolute Gasteiger partial charge is 0.339 e. The van der Waals surface area contributed by atoms with E-state index in [1.54, 1.807) is 13.0 Å². The zero-order chi connectivity index (χ0) is 13.9. The van der Waals surface area contributed by atoms with Gasteiger partial charge >= 0.3 is 5.97 Å². The van der Waals surface area contributed by atoms with Crippen molar-refractivity contribution in [2.75, 3.05) is 6.54 Å². The van der Waals surface area contributed by atoms with Crippen molar-refractivity contribution in [1.29, 1.82) is 0 Å². The molecule has 19 heavy (non-hydrogen) atoms. The Balaban J connectivity index is 1.85. The minimum Gasteiger partial charge on any atom is -0.478 e. The highest BCUT2D eigenvalue weighted by molar-refractivity contribution is 5.88. The number of hydrogen-bond donors (Lipinski definition) is 2. The highest BCUT2D eigenvalue weighted by atomic mass is 16.4. The van der Waals surface area contributed by atoms with Gasteiger partial charge < -0.3 is 14.8 Å². The third-order valence-corrected chi connectivity index (χ3v) is 4.11. The van der Waals surface area contributed by atoms with E-state index in [1.165, 1.54) is 32.1 Å². The number of nitrogens with one attached hydrogen (secondary N) is 1. The van der Waals surface area contributed by atoms with E-state index in [2.05, 4.69) is 12.2 Å². The van der Waals surface area contributed by atoms with Crippen LogP contribution in [-0.2, 0) is 6.54 Å². The molecule has 1 aromatic rings. The summed E-state index contributed by atoms with van der Waals surface area (Å²) >= 11 is 0. The highest BCUT2D eigenvalue weighted by Crippen LogP contribution is 2.34. The van der Waals surface area contributed by atoms with Gasteiger partial charge in [0.05, 0.1) is 6.54 Å². The summed E-state index contributed by atoms with van der Waals surface area (Å²) in [6.07, 6.45) is 6.55. The standard InChI is InChI=1S/C15H23NO3/c1-11-13(14(17)18)8-12(19-11)9-16-10-15(2)6-4-3-5-7-15/h8,16H,3-7,9-10H2,1-2H3,(H,17,18). The Kier molecular flexibility index (Phi) is 4.30. The molecule has 1 aliphatic rings. The summed E-state index contributed by atoms with van der Waals surface area (Å²) in [5, 5.41) is 12.4. The van der Waals surface area contributed by atoms with E-state index in [1.807, 2.05) is 0 Å². The van der Waals surface area contributed by atoms with E-state index in [-0.39, 0.29) is 5.56 Å². The lowest BCUT2D eigenvalue weighted by atomic mass is 9.76. The van der Waals surface area contributed by atoms with Gasteiger partial charge in [-0.25, -0.2) is 4.79 Å². The van der Waals surface area contributed by atoms with E-state index in [0.29, 0.717) is 23.5 Å². The van der Waals surface area contributed by atoms with Crippen LogP contribution in [-0.4, -0.2) is 17.6 Å². The normalized spacial score (nSPS) is 18.4. The van der Waals surface area contributed by atoms with Crippen molar-refractivity contribution in [1.82, 2.24) is 5.32 Å². The van der Waals surface area contributed by atoms with Crippen LogP contribution < -0.4 is 5.32 Å². The maximum absolute atomic E-state index is 10.9. The number of carboxylic acid groups (broad SMARTS) is 1. The second-order valence-electron chi connectivity index (χ2n) is 5.96. The molecular formula is C15H23NO3. The van der Waals surface area contributed by atoms with Gasteiger partial charge in [0.25, 0.3) is 0 Å². The van der Waals surface area contributed by atoms with Crippen LogP contribution in [0.4, 0.5) is 0 Å². The van der Waals surface area contributed by atoms with Crippen LogP contribution in [0, 0.1) is 12.3 Å². The third kappa shape index (κ3) is 3.60. The summed E-state index contributed by atoms with van der Waals surface area (Å²) in [6, 6.07) is 1.62. The molecule has 4 heteroatoms. The number of furan rings is 1. The number of hydrogen-bond acceptors (Lipinski definition) is 3. The fourth-order valence-electron chi connectivity index (χ4n) is 2.91. The summed E-state index contributed by atoms with van der Waals surface area (Å²) in [7, 11) is 0. The predicted octanol–water partition coefficient (Wildman–Crippen LogP) is 3.35. The van der Waals surface area contributed by atoms with Gasteiger partial charge in [-0.05, 0) is 31.2 Å².